The number of aromatic carboxylic acids is 1. The fourth-order valence-corrected chi connectivity index (χ4v) is 2.19. The maximum absolute atomic E-state index is 12.3. The van der Waals surface area contributed by atoms with Crippen molar-refractivity contribution in [1.82, 2.24) is 9.80 Å². The quantitative estimate of drug-likeness (QED) is 0.869. The fraction of sp³-hybridized carbons (Fsp3) is 0.429. The molecule has 1 aliphatic heterocycles. The maximum atomic E-state index is 12.3. The van der Waals surface area contributed by atoms with Gasteiger partial charge >= 0.3 is 5.97 Å². The molecule has 1 heterocycles. The van der Waals surface area contributed by atoms with Crippen molar-refractivity contribution in [1.29, 1.82) is 0 Å². The van der Waals surface area contributed by atoms with Crippen molar-refractivity contribution >= 4 is 11.9 Å². The van der Waals surface area contributed by atoms with E-state index in [9.17, 15) is 9.59 Å². The van der Waals surface area contributed by atoms with Crippen LogP contribution in [0.2, 0.25) is 0 Å². The van der Waals surface area contributed by atoms with Crippen molar-refractivity contribution in [2.24, 2.45) is 0 Å². The van der Waals surface area contributed by atoms with Gasteiger partial charge in [-0.05, 0) is 44.3 Å². The Hall–Kier alpha value is -1.88. The molecule has 1 saturated heterocycles. The predicted octanol–water partition coefficient (Wildman–Crippen LogP) is 1.16. The van der Waals surface area contributed by atoms with Crippen LogP contribution < -0.4 is 0 Å². The molecule has 1 aromatic carbocycles. The van der Waals surface area contributed by atoms with E-state index in [2.05, 4.69) is 11.9 Å². The number of nitrogens with zero attached hydrogens (tertiary/aromatic N) is 2. The zero-order valence-electron chi connectivity index (χ0n) is 11.0. The first-order valence-electron chi connectivity index (χ1n) is 6.39. The summed E-state index contributed by atoms with van der Waals surface area (Å²) < 4.78 is 0. The Morgan fingerprint density at radius 1 is 1.00 bits per heavy atom. The lowest BCUT2D eigenvalue weighted by molar-refractivity contribution is 0.0694. The summed E-state index contributed by atoms with van der Waals surface area (Å²) in [6.07, 6.45) is 0.968. The first-order chi connectivity index (χ1) is 9.08. The number of carboxylic acid groups (broad SMARTS) is 1. The Morgan fingerprint density at radius 2 is 1.63 bits per heavy atom. The lowest BCUT2D eigenvalue weighted by Crippen LogP contribution is -2.34. The van der Waals surface area contributed by atoms with Crippen LogP contribution in [-0.4, -0.2) is 60.0 Å². The van der Waals surface area contributed by atoms with Gasteiger partial charge in [0.15, 0.2) is 0 Å². The number of carbonyl (C=O) groups is 2. The fourth-order valence-electron chi connectivity index (χ4n) is 2.19. The number of rotatable bonds is 2. The Balaban J connectivity index is 2.08. The van der Waals surface area contributed by atoms with E-state index in [-0.39, 0.29) is 11.5 Å². The first kappa shape index (κ1) is 13.5. The van der Waals surface area contributed by atoms with Gasteiger partial charge in [-0.3, -0.25) is 4.79 Å². The molecule has 102 valence electrons. The van der Waals surface area contributed by atoms with Gasteiger partial charge in [0.25, 0.3) is 5.91 Å². The number of carboxylic acids is 1. The summed E-state index contributed by atoms with van der Waals surface area (Å²) in [6, 6.07) is 6.11. The topological polar surface area (TPSA) is 60.9 Å². The Kier molecular flexibility index (Phi) is 4.16. The minimum absolute atomic E-state index is 0.0211. The summed E-state index contributed by atoms with van der Waals surface area (Å²) in [5.41, 5.74) is 0.752. The summed E-state index contributed by atoms with van der Waals surface area (Å²) in [7, 11) is 2.05. The second-order valence-electron chi connectivity index (χ2n) is 4.83. The molecule has 1 N–H and O–H groups in total. The molecule has 0 radical (unpaired) electrons. The molecule has 1 aromatic rings. The van der Waals surface area contributed by atoms with E-state index in [1.807, 2.05) is 4.90 Å². The molecule has 1 amide bonds. The van der Waals surface area contributed by atoms with Crippen molar-refractivity contribution < 1.29 is 14.7 Å². The van der Waals surface area contributed by atoms with Gasteiger partial charge < -0.3 is 14.9 Å². The number of hydrogen-bond donors (Lipinski definition) is 1. The van der Waals surface area contributed by atoms with Crippen molar-refractivity contribution in [2.45, 2.75) is 6.42 Å². The second-order valence-corrected chi connectivity index (χ2v) is 4.83. The van der Waals surface area contributed by atoms with Gasteiger partial charge in [-0.25, -0.2) is 4.79 Å². The van der Waals surface area contributed by atoms with Gasteiger partial charge in [-0.2, -0.15) is 0 Å². The molecule has 1 aliphatic rings. The highest BCUT2D eigenvalue weighted by Gasteiger charge is 2.18. The van der Waals surface area contributed by atoms with Gasteiger partial charge in [0, 0.05) is 25.2 Å². The standard InChI is InChI=1S/C14H18N2O3/c1-15-7-2-8-16(10-9-15)13(17)11-3-5-12(6-4-11)14(18)19/h3-6H,2,7-10H2,1H3,(H,18,19). The molecule has 5 heteroatoms. The lowest BCUT2D eigenvalue weighted by atomic mass is 10.1. The third kappa shape index (κ3) is 3.32. The number of carbonyl (C=O) groups excluding carboxylic acids is 1. The summed E-state index contributed by atoms with van der Waals surface area (Å²) in [5, 5.41) is 8.83. The van der Waals surface area contributed by atoms with Crippen LogP contribution in [0.15, 0.2) is 24.3 Å². The Labute approximate surface area is 112 Å². The van der Waals surface area contributed by atoms with Crippen LogP contribution in [0.4, 0.5) is 0 Å². The summed E-state index contributed by atoms with van der Waals surface area (Å²) in [4.78, 5) is 27.1. The third-order valence-electron chi connectivity index (χ3n) is 3.39. The van der Waals surface area contributed by atoms with E-state index in [0.717, 1.165) is 32.6 Å². The Morgan fingerprint density at radius 3 is 2.26 bits per heavy atom. The predicted molar refractivity (Wildman–Crippen MR) is 71.4 cm³/mol. The zero-order chi connectivity index (χ0) is 13.8. The van der Waals surface area contributed by atoms with Crippen molar-refractivity contribution in [2.75, 3.05) is 33.2 Å². The normalized spacial score (nSPS) is 17.0. The SMILES string of the molecule is CN1CCCN(C(=O)c2ccc(C(=O)O)cc2)CC1. The van der Waals surface area contributed by atoms with Crippen LogP contribution in [0, 0.1) is 0 Å². The molecule has 0 spiro atoms. The van der Waals surface area contributed by atoms with E-state index >= 15 is 0 Å². The molecule has 0 aromatic heterocycles. The molecular weight excluding hydrogens is 244 g/mol. The van der Waals surface area contributed by atoms with Gasteiger partial charge in [0.2, 0.25) is 0 Å². The number of hydrogen-bond acceptors (Lipinski definition) is 3. The third-order valence-corrected chi connectivity index (χ3v) is 3.39. The van der Waals surface area contributed by atoms with Crippen LogP contribution in [0.1, 0.15) is 27.1 Å². The van der Waals surface area contributed by atoms with E-state index in [1.165, 1.54) is 12.1 Å². The highest BCUT2D eigenvalue weighted by Crippen LogP contribution is 2.10. The molecule has 5 nitrogen and oxygen atoms in total. The molecule has 19 heavy (non-hydrogen) atoms. The monoisotopic (exact) mass is 262 g/mol. The maximum Gasteiger partial charge on any atom is 0.335 e. The number of likely N-dealkylation sites (N-methyl/N-ethyl adjacent to an activating group) is 1. The minimum Gasteiger partial charge on any atom is -0.478 e. The molecule has 0 bridgehead atoms. The average Bonchev–Trinajstić information content (AvgIpc) is 2.63. The van der Waals surface area contributed by atoms with E-state index in [0.29, 0.717) is 5.56 Å². The Bertz CT molecular complexity index is 470. The summed E-state index contributed by atoms with van der Waals surface area (Å²) in [6.45, 7) is 3.35. The molecule has 0 aliphatic carbocycles. The zero-order valence-corrected chi connectivity index (χ0v) is 11.0. The van der Waals surface area contributed by atoms with Gasteiger partial charge in [0.05, 0.1) is 5.56 Å². The summed E-state index contributed by atoms with van der Waals surface area (Å²) >= 11 is 0. The molecule has 0 unspecified atom stereocenters. The second kappa shape index (κ2) is 5.84. The lowest BCUT2D eigenvalue weighted by Gasteiger charge is -2.20. The van der Waals surface area contributed by atoms with E-state index in [4.69, 9.17) is 5.11 Å². The molecular formula is C14H18N2O3. The van der Waals surface area contributed by atoms with Crippen LogP contribution in [0.5, 0.6) is 0 Å². The largest absolute Gasteiger partial charge is 0.478 e. The van der Waals surface area contributed by atoms with Gasteiger partial charge in [-0.1, -0.05) is 0 Å². The van der Waals surface area contributed by atoms with Crippen molar-refractivity contribution in [3.8, 4) is 0 Å². The van der Waals surface area contributed by atoms with Gasteiger partial charge in [0.1, 0.15) is 0 Å². The van der Waals surface area contributed by atoms with Crippen LogP contribution >= 0.6 is 0 Å². The van der Waals surface area contributed by atoms with Crippen LogP contribution in [0.3, 0.4) is 0 Å². The van der Waals surface area contributed by atoms with Crippen LogP contribution in [0.25, 0.3) is 0 Å². The summed E-state index contributed by atoms with van der Waals surface area (Å²) in [5.74, 6) is -0.998. The van der Waals surface area contributed by atoms with Crippen LogP contribution in [-0.2, 0) is 0 Å². The number of benzene rings is 1. The number of amides is 1. The smallest absolute Gasteiger partial charge is 0.335 e. The average molecular weight is 262 g/mol. The van der Waals surface area contributed by atoms with Crippen molar-refractivity contribution in [3.05, 3.63) is 35.4 Å². The molecule has 0 saturated carbocycles. The van der Waals surface area contributed by atoms with Gasteiger partial charge in [-0.15, -0.1) is 0 Å². The first-order valence-corrected chi connectivity index (χ1v) is 6.39. The van der Waals surface area contributed by atoms with E-state index < -0.39 is 5.97 Å². The molecule has 1 fully saturated rings. The molecule has 0 atom stereocenters. The molecule has 2 rings (SSSR count). The highest BCUT2D eigenvalue weighted by atomic mass is 16.4. The van der Waals surface area contributed by atoms with Crippen molar-refractivity contribution in [3.63, 3.8) is 0 Å². The highest BCUT2D eigenvalue weighted by molar-refractivity contribution is 5.95. The van der Waals surface area contributed by atoms with E-state index in [1.54, 1.807) is 12.1 Å². The minimum atomic E-state index is -0.976.